The normalized spacial score (nSPS) is 14.1. The van der Waals surface area contributed by atoms with Crippen LogP contribution in [-0.2, 0) is 16.6 Å². The molecule has 1 aliphatic rings. The van der Waals surface area contributed by atoms with E-state index in [0.29, 0.717) is 30.4 Å². The van der Waals surface area contributed by atoms with Crippen molar-refractivity contribution in [3.8, 4) is 11.5 Å². The van der Waals surface area contributed by atoms with E-state index >= 15 is 0 Å². The summed E-state index contributed by atoms with van der Waals surface area (Å²) in [7, 11) is -3.73. The number of rotatable bonds is 5. The molecule has 0 spiro atoms. The molecular weight excluding hydrogens is 358 g/mol. The van der Waals surface area contributed by atoms with Gasteiger partial charge in [-0.05, 0) is 32.0 Å². The zero-order valence-electron chi connectivity index (χ0n) is 14.7. The van der Waals surface area contributed by atoms with Crippen molar-refractivity contribution in [1.29, 1.82) is 0 Å². The van der Waals surface area contributed by atoms with E-state index in [1.165, 1.54) is 16.7 Å². The van der Waals surface area contributed by atoms with Crippen LogP contribution in [0.3, 0.4) is 0 Å². The molecule has 140 valence electrons. The topological polar surface area (TPSA) is 99.5 Å². The van der Waals surface area contributed by atoms with E-state index < -0.39 is 15.7 Å². The Bertz CT molecular complexity index is 969. The molecule has 26 heavy (non-hydrogen) atoms. The summed E-state index contributed by atoms with van der Waals surface area (Å²) in [6.07, 6.45) is 0.744. The summed E-state index contributed by atoms with van der Waals surface area (Å²) in [5.74, 6) is 0.953. The number of nitrogens with zero attached hydrogens (tertiary/aromatic N) is 2. The summed E-state index contributed by atoms with van der Waals surface area (Å²) in [6.45, 7) is 4.81. The highest BCUT2D eigenvalue weighted by atomic mass is 32.2. The lowest BCUT2D eigenvalue weighted by Gasteiger charge is -2.12. The average Bonchev–Trinajstić information content (AvgIpc) is 2.81. The molecule has 8 nitrogen and oxygen atoms in total. The highest BCUT2D eigenvalue weighted by molar-refractivity contribution is 7.89. The molecule has 0 aliphatic carbocycles. The van der Waals surface area contributed by atoms with Crippen LogP contribution in [0, 0.1) is 13.8 Å². The molecule has 0 bridgehead atoms. The minimum absolute atomic E-state index is 0.0717. The Morgan fingerprint density at radius 3 is 2.62 bits per heavy atom. The monoisotopic (exact) mass is 379 g/mol. The fourth-order valence-corrected chi connectivity index (χ4v) is 3.77. The van der Waals surface area contributed by atoms with Crippen molar-refractivity contribution >= 4 is 10.0 Å². The first-order valence-corrected chi connectivity index (χ1v) is 9.79. The van der Waals surface area contributed by atoms with E-state index in [1.54, 1.807) is 26.0 Å². The van der Waals surface area contributed by atoms with Crippen LogP contribution in [0.15, 0.2) is 34.0 Å². The third-order valence-electron chi connectivity index (χ3n) is 4.00. The van der Waals surface area contributed by atoms with Crippen LogP contribution in [0.1, 0.15) is 17.8 Å². The number of aromatic nitrogens is 2. The first-order valence-electron chi connectivity index (χ1n) is 8.31. The smallest absolute Gasteiger partial charge is 0.348 e. The maximum absolute atomic E-state index is 12.5. The lowest BCUT2D eigenvalue weighted by molar-refractivity contribution is 0.297. The zero-order valence-corrected chi connectivity index (χ0v) is 15.5. The Hall–Kier alpha value is -2.39. The Labute approximate surface area is 151 Å². The van der Waals surface area contributed by atoms with E-state index in [0.717, 1.165) is 12.1 Å². The first kappa shape index (κ1) is 18.4. The SMILES string of the molecule is Cc1cc(C)n(CCNS(=O)(=O)c2ccc3c(c2)OCCCO3)c(=O)n1. The van der Waals surface area contributed by atoms with Crippen LogP contribution in [0.5, 0.6) is 11.5 Å². The number of ether oxygens (including phenoxy) is 2. The molecule has 0 saturated carbocycles. The highest BCUT2D eigenvalue weighted by Crippen LogP contribution is 2.31. The molecule has 2 heterocycles. The number of fused-ring (bicyclic) bond motifs is 1. The van der Waals surface area contributed by atoms with Gasteiger partial charge in [-0.25, -0.2) is 17.9 Å². The number of benzene rings is 1. The fourth-order valence-electron chi connectivity index (χ4n) is 2.73. The lowest BCUT2D eigenvalue weighted by atomic mass is 10.3. The van der Waals surface area contributed by atoms with Gasteiger partial charge in [0.2, 0.25) is 10.0 Å². The van der Waals surface area contributed by atoms with Crippen LogP contribution < -0.4 is 19.9 Å². The largest absolute Gasteiger partial charge is 0.490 e. The van der Waals surface area contributed by atoms with Gasteiger partial charge in [-0.3, -0.25) is 4.57 Å². The molecule has 1 aromatic heterocycles. The molecule has 9 heteroatoms. The molecule has 1 aromatic carbocycles. The molecule has 0 saturated heterocycles. The van der Waals surface area contributed by atoms with Gasteiger partial charge in [-0.2, -0.15) is 4.98 Å². The van der Waals surface area contributed by atoms with Crippen LogP contribution in [0.2, 0.25) is 0 Å². The second kappa shape index (κ2) is 7.46. The van der Waals surface area contributed by atoms with E-state index in [1.807, 2.05) is 0 Å². The molecule has 1 N–H and O–H groups in total. The van der Waals surface area contributed by atoms with E-state index in [2.05, 4.69) is 9.71 Å². The van der Waals surface area contributed by atoms with Crippen LogP contribution >= 0.6 is 0 Å². The molecule has 0 unspecified atom stereocenters. The zero-order chi connectivity index (χ0) is 18.7. The van der Waals surface area contributed by atoms with Gasteiger partial charge in [0.15, 0.2) is 11.5 Å². The molecular formula is C17H21N3O5S. The molecule has 0 amide bonds. The van der Waals surface area contributed by atoms with Gasteiger partial charge in [-0.1, -0.05) is 0 Å². The average molecular weight is 379 g/mol. The lowest BCUT2D eigenvalue weighted by Crippen LogP contribution is -2.33. The van der Waals surface area contributed by atoms with E-state index in [9.17, 15) is 13.2 Å². The van der Waals surface area contributed by atoms with Gasteiger partial charge >= 0.3 is 5.69 Å². The van der Waals surface area contributed by atoms with Gasteiger partial charge in [0.05, 0.1) is 18.1 Å². The van der Waals surface area contributed by atoms with Crippen LogP contribution in [0.25, 0.3) is 0 Å². The number of nitrogens with one attached hydrogen (secondary N) is 1. The maximum Gasteiger partial charge on any atom is 0.348 e. The predicted octanol–water partition coefficient (Wildman–Crippen LogP) is 1.000. The maximum atomic E-state index is 12.5. The predicted molar refractivity (Wildman–Crippen MR) is 95.2 cm³/mol. The van der Waals surface area contributed by atoms with Gasteiger partial charge in [-0.15, -0.1) is 0 Å². The molecule has 3 rings (SSSR count). The molecule has 0 radical (unpaired) electrons. The molecule has 0 fully saturated rings. The van der Waals surface area contributed by atoms with Crippen molar-refractivity contribution in [1.82, 2.24) is 14.3 Å². The minimum atomic E-state index is -3.73. The summed E-state index contributed by atoms with van der Waals surface area (Å²) in [5.41, 5.74) is 0.978. The number of aryl methyl sites for hydroxylation is 2. The summed E-state index contributed by atoms with van der Waals surface area (Å²) in [4.78, 5) is 15.9. The van der Waals surface area contributed by atoms with Crippen LogP contribution in [0.4, 0.5) is 0 Å². The third kappa shape index (κ3) is 4.05. The summed E-state index contributed by atoms with van der Waals surface area (Å²) < 4.78 is 40.0. The van der Waals surface area contributed by atoms with Crippen molar-refractivity contribution < 1.29 is 17.9 Å². The number of sulfonamides is 1. The molecule has 2 aromatic rings. The van der Waals surface area contributed by atoms with Gasteiger partial charge < -0.3 is 9.47 Å². The van der Waals surface area contributed by atoms with Gasteiger partial charge in [0.1, 0.15) is 0 Å². The van der Waals surface area contributed by atoms with Crippen molar-refractivity contribution in [2.45, 2.75) is 31.7 Å². The highest BCUT2D eigenvalue weighted by Gasteiger charge is 2.18. The second-order valence-electron chi connectivity index (χ2n) is 6.03. The van der Waals surface area contributed by atoms with Crippen molar-refractivity contribution in [3.05, 3.63) is 46.1 Å². The Morgan fingerprint density at radius 1 is 1.15 bits per heavy atom. The summed E-state index contributed by atoms with van der Waals surface area (Å²) >= 11 is 0. The number of hydrogen-bond acceptors (Lipinski definition) is 6. The quantitative estimate of drug-likeness (QED) is 0.832. The molecule has 0 atom stereocenters. The van der Waals surface area contributed by atoms with Crippen LogP contribution in [-0.4, -0.2) is 37.7 Å². The van der Waals surface area contributed by atoms with Crippen molar-refractivity contribution in [2.24, 2.45) is 0 Å². The summed E-state index contributed by atoms with van der Waals surface area (Å²) in [5, 5.41) is 0. The van der Waals surface area contributed by atoms with E-state index in [4.69, 9.17) is 9.47 Å². The van der Waals surface area contributed by atoms with E-state index in [-0.39, 0.29) is 18.0 Å². The Balaban J connectivity index is 1.72. The first-order chi connectivity index (χ1) is 12.4. The van der Waals surface area contributed by atoms with Crippen molar-refractivity contribution in [3.63, 3.8) is 0 Å². The minimum Gasteiger partial charge on any atom is -0.490 e. The number of hydrogen-bond donors (Lipinski definition) is 1. The molecule has 1 aliphatic heterocycles. The fraction of sp³-hybridized carbons (Fsp3) is 0.412. The standard InChI is InChI=1S/C17H21N3O5S/c1-12-10-13(2)20(17(21)19-12)7-6-18-26(22,23)14-4-5-15-16(11-14)25-9-3-8-24-15/h4-5,10-11,18H,3,6-9H2,1-2H3. The van der Waals surface area contributed by atoms with Gasteiger partial charge in [0.25, 0.3) is 0 Å². The van der Waals surface area contributed by atoms with Crippen molar-refractivity contribution in [2.75, 3.05) is 19.8 Å². The second-order valence-corrected chi connectivity index (χ2v) is 7.80. The Kier molecular flexibility index (Phi) is 5.28. The summed E-state index contributed by atoms with van der Waals surface area (Å²) in [6, 6.07) is 6.29. The van der Waals surface area contributed by atoms with Gasteiger partial charge in [0, 0.05) is 37.0 Å². The Morgan fingerprint density at radius 2 is 1.88 bits per heavy atom. The third-order valence-corrected chi connectivity index (χ3v) is 5.46.